The first kappa shape index (κ1) is 14.3. The molecular formula is C17H17N5. The molecule has 0 bridgehead atoms. The topological polar surface area (TPSA) is 90.7 Å². The van der Waals surface area contributed by atoms with Gasteiger partial charge in [-0.2, -0.15) is 0 Å². The smallest absolute Gasteiger partial charge is 0.0894 e. The van der Waals surface area contributed by atoms with Crippen molar-refractivity contribution in [1.29, 1.82) is 0 Å². The quantitative estimate of drug-likeness (QED) is 0.768. The van der Waals surface area contributed by atoms with E-state index < -0.39 is 0 Å². The fraction of sp³-hybridized carbons (Fsp3) is 0.118. The van der Waals surface area contributed by atoms with Crippen LogP contribution in [0.2, 0.25) is 0 Å². The van der Waals surface area contributed by atoms with Gasteiger partial charge >= 0.3 is 0 Å². The zero-order chi connectivity index (χ0) is 15.4. The first-order chi connectivity index (χ1) is 10.8. The van der Waals surface area contributed by atoms with Crippen molar-refractivity contribution in [2.45, 2.75) is 13.1 Å². The molecule has 110 valence electrons. The predicted octanol–water partition coefficient (Wildman–Crippen LogP) is 2.12. The molecule has 0 spiro atoms. The normalized spacial score (nSPS) is 10.6. The van der Waals surface area contributed by atoms with E-state index in [-0.39, 0.29) is 0 Å². The van der Waals surface area contributed by atoms with E-state index in [1.54, 1.807) is 0 Å². The second-order valence-corrected chi connectivity index (χ2v) is 4.84. The monoisotopic (exact) mass is 291 g/mol. The zero-order valence-corrected chi connectivity index (χ0v) is 12.1. The standard InChI is InChI=1S/C17H17N5/c18-10-12-4-1-6-14(20-12)16-8-3-9-17(22-16)15-7-2-5-13(11-19)21-15/h1-9H,10-11,18-19H2. The van der Waals surface area contributed by atoms with Crippen molar-refractivity contribution in [3.05, 3.63) is 66.0 Å². The summed E-state index contributed by atoms with van der Waals surface area (Å²) >= 11 is 0. The number of hydrogen-bond acceptors (Lipinski definition) is 5. The van der Waals surface area contributed by atoms with Crippen LogP contribution in [0.25, 0.3) is 22.8 Å². The second-order valence-electron chi connectivity index (χ2n) is 4.84. The van der Waals surface area contributed by atoms with Crippen LogP contribution in [0.3, 0.4) is 0 Å². The number of hydrogen-bond donors (Lipinski definition) is 2. The molecule has 0 atom stereocenters. The number of pyridine rings is 3. The minimum absolute atomic E-state index is 0.410. The largest absolute Gasteiger partial charge is 0.325 e. The minimum Gasteiger partial charge on any atom is -0.325 e. The molecule has 0 radical (unpaired) electrons. The Morgan fingerprint density at radius 1 is 0.545 bits per heavy atom. The summed E-state index contributed by atoms with van der Waals surface area (Å²) in [5, 5.41) is 0. The highest BCUT2D eigenvalue weighted by Gasteiger charge is 2.06. The summed E-state index contributed by atoms with van der Waals surface area (Å²) in [5.74, 6) is 0. The van der Waals surface area contributed by atoms with Crippen LogP contribution in [0, 0.1) is 0 Å². The molecule has 0 aliphatic rings. The highest BCUT2D eigenvalue weighted by Crippen LogP contribution is 2.20. The lowest BCUT2D eigenvalue weighted by Crippen LogP contribution is -2.01. The van der Waals surface area contributed by atoms with Gasteiger partial charge in [0.05, 0.1) is 34.2 Å². The van der Waals surface area contributed by atoms with Crippen molar-refractivity contribution in [2.24, 2.45) is 11.5 Å². The Hall–Kier alpha value is -2.63. The van der Waals surface area contributed by atoms with E-state index in [1.165, 1.54) is 0 Å². The van der Waals surface area contributed by atoms with Gasteiger partial charge < -0.3 is 11.5 Å². The van der Waals surface area contributed by atoms with Gasteiger partial charge in [-0.1, -0.05) is 18.2 Å². The fourth-order valence-corrected chi connectivity index (χ4v) is 2.19. The van der Waals surface area contributed by atoms with Gasteiger partial charge in [0.25, 0.3) is 0 Å². The Kier molecular flexibility index (Phi) is 4.18. The number of rotatable bonds is 4. The molecule has 0 aliphatic carbocycles. The molecule has 0 unspecified atom stereocenters. The maximum Gasteiger partial charge on any atom is 0.0894 e. The van der Waals surface area contributed by atoms with Gasteiger partial charge in [-0.25, -0.2) is 15.0 Å². The molecule has 22 heavy (non-hydrogen) atoms. The summed E-state index contributed by atoms with van der Waals surface area (Å²) in [6.07, 6.45) is 0. The molecule has 3 heterocycles. The molecule has 5 heteroatoms. The number of aromatic nitrogens is 3. The predicted molar refractivity (Wildman–Crippen MR) is 86.5 cm³/mol. The van der Waals surface area contributed by atoms with Gasteiger partial charge in [0.1, 0.15) is 0 Å². The zero-order valence-electron chi connectivity index (χ0n) is 12.1. The van der Waals surface area contributed by atoms with Crippen molar-refractivity contribution in [2.75, 3.05) is 0 Å². The summed E-state index contributed by atoms with van der Waals surface area (Å²) in [5.41, 5.74) is 16.2. The lowest BCUT2D eigenvalue weighted by atomic mass is 10.2. The van der Waals surface area contributed by atoms with E-state index in [2.05, 4.69) is 15.0 Å². The van der Waals surface area contributed by atoms with E-state index in [4.69, 9.17) is 11.5 Å². The molecule has 5 nitrogen and oxygen atoms in total. The van der Waals surface area contributed by atoms with Crippen LogP contribution in [0.4, 0.5) is 0 Å². The average Bonchev–Trinajstić information content (AvgIpc) is 2.62. The summed E-state index contributed by atoms with van der Waals surface area (Å²) < 4.78 is 0. The highest BCUT2D eigenvalue weighted by atomic mass is 14.8. The van der Waals surface area contributed by atoms with Crippen LogP contribution in [-0.4, -0.2) is 15.0 Å². The molecule has 0 saturated carbocycles. The van der Waals surface area contributed by atoms with Crippen LogP contribution in [0.5, 0.6) is 0 Å². The summed E-state index contributed by atoms with van der Waals surface area (Å²) in [6, 6.07) is 17.3. The van der Waals surface area contributed by atoms with Crippen molar-refractivity contribution in [1.82, 2.24) is 15.0 Å². The van der Waals surface area contributed by atoms with Gasteiger partial charge in [-0.05, 0) is 36.4 Å². The lowest BCUT2D eigenvalue weighted by molar-refractivity contribution is 0.986. The first-order valence-electron chi connectivity index (χ1n) is 7.10. The van der Waals surface area contributed by atoms with Crippen LogP contribution in [0.1, 0.15) is 11.4 Å². The van der Waals surface area contributed by atoms with E-state index in [0.29, 0.717) is 13.1 Å². The summed E-state index contributed by atoms with van der Waals surface area (Å²) in [4.78, 5) is 13.7. The first-order valence-corrected chi connectivity index (χ1v) is 7.10. The van der Waals surface area contributed by atoms with Gasteiger partial charge in [-0.3, -0.25) is 0 Å². The van der Waals surface area contributed by atoms with Gasteiger partial charge in [0, 0.05) is 13.1 Å². The van der Waals surface area contributed by atoms with Crippen LogP contribution >= 0.6 is 0 Å². The van der Waals surface area contributed by atoms with E-state index in [9.17, 15) is 0 Å². The van der Waals surface area contributed by atoms with Crippen LogP contribution < -0.4 is 11.5 Å². The lowest BCUT2D eigenvalue weighted by Gasteiger charge is -2.06. The highest BCUT2D eigenvalue weighted by molar-refractivity contribution is 5.61. The summed E-state index contributed by atoms with van der Waals surface area (Å²) in [6.45, 7) is 0.821. The number of nitrogens with two attached hydrogens (primary N) is 2. The number of nitrogens with zero attached hydrogens (tertiary/aromatic N) is 3. The second kappa shape index (κ2) is 6.43. The fourth-order valence-electron chi connectivity index (χ4n) is 2.19. The maximum absolute atomic E-state index is 5.64. The Bertz CT molecular complexity index is 723. The third kappa shape index (κ3) is 3.00. The summed E-state index contributed by atoms with van der Waals surface area (Å²) in [7, 11) is 0. The van der Waals surface area contributed by atoms with Gasteiger partial charge in [-0.15, -0.1) is 0 Å². The molecule has 0 aromatic carbocycles. The Morgan fingerprint density at radius 3 is 1.32 bits per heavy atom. The molecule has 4 N–H and O–H groups in total. The molecule has 3 aromatic rings. The molecule has 3 aromatic heterocycles. The Labute approximate surface area is 129 Å². The molecule has 3 rings (SSSR count). The van der Waals surface area contributed by atoms with Crippen molar-refractivity contribution < 1.29 is 0 Å². The Balaban J connectivity index is 2.01. The third-order valence-corrected chi connectivity index (χ3v) is 3.31. The van der Waals surface area contributed by atoms with E-state index in [0.717, 1.165) is 34.2 Å². The molecule has 0 saturated heterocycles. The molecule has 0 fully saturated rings. The van der Waals surface area contributed by atoms with Gasteiger partial charge in [0.15, 0.2) is 0 Å². The molecular weight excluding hydrogens is 274 g/mol. The van der Waals surface area contributed by atoms with Crippen molar-refractivity contribution in [3.8, 4) is 22.8 Å². The van der Waals surface area contributed by atoms with Crippen molar-refractivity contribution in [3.63, 3.8) is 0 Å². The van der Waals surface area contributed by atoms with Gasteiger partial charge in [0.2, 0.25) is 0 Å². The maximum atomic E-state index is 5.64. The average molecular weight is 291 g/mol. The minimum atomic E-state index is 0.410. The molecule has 0 amide bonds. The Morgan fingerprint density at radius 2 is 0.909 bits per heavy atom. The van der Waals surface area contributed by atoms with Crippen molar-refractivity contribution >= 4 is 0 Å². The van der Waals surface area contributed by atoms with Crippen LogP contribution in [-0.2, 0) is 13.1 Å². The van der Waals surface area contributed by atoms with E-state index >= 15 is 0 Å². The van der Waals surface area contributed by atoms with Crippen LogP contribution in [0.15, 0.2) is 54.6 Å². The third-order valence-electron chi connectivity index (χ3n) is 3.31. The SMILES string of the molecule is NCc1cccc(-c2cccc(-c3cccc(CN)n3)n2)n1. The molecule has 0 aliphatic heterocycles. The van der Waals surface area contributed by atoms with E-state index in [1.807, 2.05) is 54.6 Å².